The minimum absolute atomic E-state index is 0.0802. The van der Waals surface area contributed by atoms with Gasteiger partial charge in [-0.1, -0.05) is 75.4 Å². The fraction of sp³-hybridized carbons (Fsp3) is 0.276. The highest BCUT2D eigenvalue weighted by atomic mass is 16.5. The Balaban J connectivity index is 1.48. The Kier molecular flexibility index (Phi) is 6.55. The molecule has 4 nitrogen and oxygen atoms in total. The van der Waals surface area contributed by atoms with E-state index < -0.39 is 0 Å². The van der Waals surface area contributed by atoms with Crippen molar-refractivity contribution in [1.82, 2.24) is 5.32 Å². The van der Waals surface area contributed by atoms with Gasteiger partial charge in [0, 0.05) is 18.5 Å². The first-order valence-corrected chi connectivity index (χ1v) is 11.4. The minimum atomic E-state index is -0.220. The van der Waals surface area contributed by atoms with Gasteiger partial charge in [-0.15, -0.1) is 0 Å². The van der Waals surface area contributed by atoms with E-state index in [1.54, 1.807) is 13.2 Å². The van der Waals surface area contributed by atoms with Gasteiger partial charge in [-0.3, -0.25) is 4.79 Å². The van der Waals surface area contributed by atoms with Gasteiger partial charge >= 0.3 is 0 Å². The normalized spacial score (nSPS) is 11.5. The summed E-state index contributed by atoms with van der Waals surface area (Å²) in [6.07, 6.45) is 1.61. The van der Waals surface area contributed by atoms with E-state index in [2.05, 4.69) is 56.4 Å². The molecule has 1 amide bonds. The van der Waals surface area contributed by atoms with Crippen molar-refractivity contribution in [3.05, 3.63) is 101 Å². The highest BCUT2D eigenvalue weighted by Crippen LogP contribution is 2.32. The zero-order valence-electron chi connectivity index (χ0n) is 19.8. The maximum atomic E-state index is 12.7. The molecule has 0 bridgehead atoms. The number of fused-ring (bicyclic) bond motifs is 1. The predicted molar refractivity (Wildman–Crippen MR) is 133 cm³/mol. The number of benzene rings is 3. The van der Waals surface area contributed by atoms with Crippen LogP contribution in [0.2, 0.25) is 0 Å². The quantitative estimate of drug-likeness (QED) is 0.333. The van der Waals surface area contributed by atoms with Crippen molar-refractivity contribution >= 4 is 16.7 Å². The Morgan fingerprint density at radius 3 is 2.55 bits per heavy atom. The number of carbonyl (C=O) groups excluding carboxylic acids is 1. The Bertz CT molecular complexity index is 1260. The molecule has 0 aliphatic carbocycles. The molecule has 3 aromatic carbocycles. The molecule has 33 heavy (non-hydrogen) atoms. The van der Waals surface area contributed by atoms with E-state index in [4.69, 9.17) is 9.15 Å². The lowest BCUT2D eigenvalue weighted by Crippen LogP contribution is -2.22. The van der Waals surface area contributed by atoms with Crippen molar-refractivity contribution < 1.29 is 13.9 Å². The number of ether oxygens (including phenoxy) is 1. The van der Waals surface area contributed by atoms with Crippen LogP contribution in [0.15, 0.2) is 77.2 Å². The molecule has 0 fully saturated rings. The molecule has 170 valence electrons. The van der Waals surface area contributed by atoms with Crippen LogP contribution in [0, 0.1) is 0 Å². The van der Waals surface area contributed by atoms with Gasteiger partial charge in [-0.05, 0) is 51.9 Å². The third-order valence-corrected chi connectivity index (χ3v) is 6.52. The van der Waals surface area contributed by atoms with Gasteiger partial charge in [0.25, 0.3) is 5.91 Å². The monoisotopic (exact) mass is 441 g/mol. The van der Waals surface area contributed by atoms with E-state index in [1.165, 1.54) is 5.56 Å². The van der Waals surface area contributed by atoms with Crippen LogP contribution in [-0.4, -0.2) is 13.0 Å². The molecule has 0 atom stereocenters. The van der Waals surface area contributed by atoms with E-state index in [0.717, 1.165) is 39.8 Å². The zero-order chi connectivity index (χ0) is 23.4. The number of hydrogen-bond donors (Lipinski definition) is 1. The predicted octanol–water partition coefficient (Wildman–Crippen LogP) is 6.65. The third-order valence-electron chi connectivity index (χ3n) is 6.52. The molecule has 0 aliphatic rings. The molecule has 4 aromatic rings. The molecule has 1 aromatic heterocycles. The number of furan rings is 1. The second-order valence-corrected chi connectivity index (χ2v) is 9.03. The fourth-order valence-corrected chi connectivity index (χ4v) is 4.03. The van der Waals surface area contributed by atoms with Gasteiger partial charge in [0.1, 0.15) is 11.5 Å². The van der Waals surface area contributed by atoms with Crippen LogP contribution in [0.3, 0.4) is 0 Å². The van der Waals surface area contributed by atoms with Crippen molar-refractivity contribution in [3.8, 4) is 5.75 Å². The van der Waals surface area contributed by atoms with Crippen LogP contribution in [-0.2, 0) is 18.4 Å². The molecule has 1 N–H and O–H groups in total. The van der Waals surface area contributed by atoms with Crippen LogP contribution < -0.4 is 10.1 Å². The summed E-state index contributed by atoms with van der Waals surface area (Å²) in [7, 11) is 1.68. The average Bonchev–Trinajstić information content (AvgIpc) is 3.31. The summed E-state index contributed by atoms with van der Waals surface area (Å²) < 4.78 is 11.5. The average molecular weight is 442 g/mol. The maximum Gasteiger partial charge on any atom is 0.287 e. The molecule has 0 saturated heterocycles. The van der Waals surface area contributed by atoms with Crippen molar-refractivity contribution in [2.45, 2.75) is 45.6 Å². The van der Waals surface area contributed by atoms with Crippen LogP contribution in [0.5, 0.6) is 5.75 Å². The summed E-state index contributed by atoms with van der Waals surface area (Å²) in [4.78, 5) is 12.7. The van der Waals surface area contributed by atoms with Gasteiger partial charge in [-0.2, -0.15) is 0 Å². The lowest BCUT2D eigenvalue weighted by atomic mass is 9.81. The van der Waals surface area contributed by atoms with Crippen molar-refractivity contribution in [3.63, 3.8) is 0 Å². The molecule has 0 radical (unpaired) electrons. The number of hydrogen-bond acceptors (Lipinski definition) is 3. The Morgan fingerprint density at radius 2 is 1.76 bits per heavy atom. The number of nitrogens with one attached hydrogen (secondary N) is 1. The Morgan fingerprint density at radius 1 is 0.970 bits per heavy atom. The summed E-state index contributed by atoms with van der Waals surface area (Å²) >= 11 is 0. The standard InChI is InChI=1S/C29H31NO3/c1-5-29(2,3)23-13-15-26(32-4)22(17-23)18-24-14-16-27(33-24)28(31)30-19-21-11-8-10-20-9-6-7-12-25(20)21/h6-17H,5,18-19H2,1-4H3,(H,30,31). The largest absolute Gasteiger partial charge is 0.496 e. The first kappa shape index (κ1) is 22.7. The van der Waals surface area contributed by atoms with Gasteiger partial charge in [-0.25, -0.2) is 0 Å². The molecule has 0 unspecified atom stereocenters. The highest BCUT2D eigenvalue weighted by Gasteiger charge is 2.20. The van der Waals surface area contributed by atoms with Gasteiger partial charge in [0.2, 0.25) is 0 Å². The Labute approximate surface area is 195 Å². The Hall–Kier alpha value is -3.53. The molecule has 0 aliphatic heterocycles. The molecular weight excluding hydrogens is 410 g/mol. The molecular formula is C29H31NO3. The van der Waals surface area contributed by atoms with E-state index in [9.17, 15) is 4.79 Å². The topological polar surface area (TPSA) is 51.5 Å². The molecule has 4 heteroatoms. The second kappa shape index (κ2) is 9.53. The van der Waals surface area contributed by atoms with Crippen LogP contribution >= 0.6 is 0 Å². The molecule has 4 rings (SSSR count). The van der Waals surface area contributed by atoms with Gasteiger partial charge in [0.15, 0.2) is 5.76 Å². The van der Waals surface area contributed by atoms with E-state index in [0.29, 0.717) is 18.7 Å². The molecule has 0 saturated carbocycles. The van der Waals surface area contributed by atoms with Crippen molar-refractivity contribution in [2.75, 3.05) is 7.11 Å². The third kappa shape index (κ3) is 4.95. The lowest BCUT2D eigenvalue weighted by molar-refractivity contribution is 0.0921. The summed E-state index contributed by atoms with van der Waals surface area (Å²) in [5.74, 6) is 1.65. The number of rotatable bonds is 8. The minimum Gasteiger partial charge on any atom is -0.496 e. The first-order valence-electron chi connectivity index (χ1n) is 11.4. The van der Waals surface area contributed by atoms with Crippen molar-refractivity contribution in [2.24, 2.45) is 0 Å². The van der Waals surface area contributed by atoms with Crippen molar-refractivity contribution in [1.29, 1.82) is 0 Å². The molecule has 0 spiro atoms. The van der Waals surface area contributed by atoms with Crippen LogP contribution in [0.4, 0.5) is 0 Å². The summed E-state index contributed by atoms with van der Waals surface area (Å²) in [6.45, 7) is 7.12. The van der Waals surface area contributed by atoms with Crippen LogP contribution in [0.1, 0.15) is 60.2 Å². The fourth-order valence-electron chi connectivity index (χ4n) is 4.03. The second-order valence-electron chi connectivity index (χ2n) is 9.03. The maximum absolute atomic E-state index is 12.7. The number of carbonyl (C=O) groups is 1. The van der Waals surface area contributed by atoms with E-state index >= 15 is 0 Å². The first-order chi connectivity index (χ1) is 15.9. The van der Waals surface area contributed by atoms with E-state index in [-0.39, 0.29) is 11.3 Å². The lowest BCUT2D eigenvalue weighted by Gasteiger charge is -2.24. The van der Waals surface area contributed by atoms with Gasteiger partial charge < -0.3 is 14.5 Å². The number of methoxy groups -OCH3 is 1. The number of amides is 1. The van der Waals surface area contributed by atoms with Gasteiger partial charge in [0.05, 0.1) is 7.11 Å². The van der Waals surface area contributed by atoms with E-state index in [1.807, 2.05) is 36.4 Å². The summed E-state index contributed by atoms with van der Waals surface area (Å²) in [6, 6.07) is 24.2. The highest BCUT2D eigenvalue weighted by molar-refractivity contribution is 5.92. The summed E-state index contributed by atoms with van der Waals surface area (Å²) in [5, 5.41) is 5.29. The zero-order valence-corrected chi connectivity index (χ0v) is 19.8. The van der Waals surface area contributed by atoms with Crippen LogP contribution in [0.25, 0.3) is 10.8 Å². The SMILES string of the molecule is CCC(C)(C)c1ccc(OC)c(Cc2ccc(C(=O)NCc3cccc4ccccc34)o2)c1. The smallest absolute Gasteiger partial charge is 0.287 e. The molecule has 1 heterocycles. The summed E-state index contributed by atoms with van der Waals surface area (Å²) in [5.41, 5.74) is 3.47.